The van der Waals surface area contributed by atoms with Crippen LogP contribution in [0.2, 0.25) is 0 Å². The molecule has 0 bridgehead atoms. The van der Waals surface area contributed by atoms with E-state index in [1.165, 1.54) is 18.3 Å². The largest absolute Gasteiger partial charge is 0.369 e. The molecule has 4 rings (SSSR count). The Kier molecular flexibility index (Phi) is 3.97. The van der Waals surface area contributed by atoms with Gasteiger partial charge >= 0.3 is 0 Å². The molecular weight excluding hydrogens is 341 g/mol. The van der Waals surface area contributed by atoms with Gasteiger partial charge in [-0.15, -0.1) is 0 Å². The minimum absolute atomic E-state index is 0.0967. The van der Waals surface area contributed by atoms with E-state index < -0.39 is 15.7 Å². The zero-order chi connectivity index (χ0) is 17.4. The molecule has 3 aromatic rings. The van der Waals surface area contributed by atoms with Gasteiger partial charge in [-0.3, -0.25) is 0 Å². The zero-order valence-corrected chi connectivity index (χ0v) is 14.3. The van der Waals surface area contributed by atoms with Gasteiger partial charge in [0.25, 0.3) is 0 Å². The summed E-state index contributed by atoms with van der Waals surface area (Å²) in [7, 11) is -3.74. The molecule has 0 amide bonds. The topological polar surface area (TPSA) is 65.2 Å². The van der Waals surface area contributed by atoms with Crippen molar-refractivity contribution in [2.24, 2.45) is 0 Å². The summed E-state index contributed by atoms with van der Waals surface area (Å²) in [5.74, 6) is -0.460. The Morgan fingerprint density at radius 1 is 1.04 bits per heavy atom. The number of rotatable bonds is 3. The van der Waals surface area contributed by atoms with Crippen LogP contribution in [0.25, 0.3) is 10.9 Å². The lowest BCUT2D eigenvalue weighted by molar-refractivity contribution is 0.587. The second-order valence-electron chi connectivity index (χ2n) is 6.08. The number of H-pyrrole nitrogens is 1. The maximum atomic E-state index is 13.6. The molecule has 1 saturated heterocycles. The highest BCUT2D eigenvalue weighted by Crippen LogP contribution is 2.30. The fourth-order valence-corrected chi connectivity index (χ4v) is 4.65. The Labute approximate surface area is 145 Å². The Balaban J connectivity index is 1.78. The Morgan fingerprint density at radius 2 is 1.84 bits per heavy atom. The van der Waals surface area contributed by atoms with Crippen molar-refractivity contribution in [3.63, 3.8) is 0 Å². The average molecular weight is 359 g/mol. The van der Waals surface area contributed by atoms with Crippen LogP contribution in [-0.4, -0.2) is 39.6 Å². The number of nitrogens with one attached hydrogen (secondary N) is 2. The van der Waals surface area contributed by atoms with Gasteiger partial charge in [-0.1, -0.05) is 6.07 Å². The molecule has 1 aliphatic rings. The number of hydrogen-bond donors (Lipinski definition) is 2. The highest BCUT2D eigenvalue weighted by molar-refractivity contribution is 7.91. The quantitative estimate of drug-likeness (QED) is 0.754. The molecule has 0 aliphatic carbocycles. The van der Waals surface area contributed by atoms with Gasteiger partial charge in [0.15, 0.2) is 0 Å². The maximum Gasteiger partial charge on any atom is 0.208 e. The van der Waals surface area contributed by atoms with Gasteiger partial charge in [0.1, 0.15) is 5.82 Å². The third-order valence-electron chi connectivity index (χ3n) is 4.51. The molecule has 2 N–H and O–H groups in total. The van der Waals surface area contributed by atoms with E-state index in [1.807, 2.05) is 6.07 Å². The lowest BCUT2D eigenvalue weighted by atomic mass is 10.2. The smallest absolute Gasteiger partial charge is 0.208 e. The molecule has 0 unspecified atom stereocenters. The van der Waals surface area contributed by atoms with Crippen LogP contribution in [0.3, 0.4) is 0 Å². The van der Waals surface area contributed by atoms with Crippen LogP contribution in [0.1, 0.15) is 0 Å². The van der Waals surface area contributed by atoms with Crippen LogP contribution < -0.4 is 10.2 Å². The lowest BCUT2D eigenvalue weighted by Crippen LogP contribution is -2.43. The molecule has 7 heteroatoms. The van der Waals surface area contributed by atoms with Crippen molar-refractivity contribution >= 4 is 26.4 Å². The predicted octanol–water partition coefficient (Wildman–Crippen LogP) is 2.55. The van der Waals surface area contributed by atoms with E-state index in [9.17, 15) is 12.8 Å². The Bertz CT molecular complexity index is 1020. The fraction of sp³-hybridized carbons (Fsp3) is 0.222. The second-order valence-corrected chi connectivity index (χ2v) is 8.00. The molecule has 0 atom stereocenters. The predicted molar refractivity (Wildman–Crippen MR) is 95.2 cm³/mol. The van der Waals surface area contributed by atoms with Crippen molar-refractivity contribution in [2.45, 2.75) is 9.79 Å². The molecule has 5 nitrogen and oxygen atoms in total. The van der Waals surface area contributed by atoms with E-state index in [4.69, 9.17) is 0 Å². The van der Waals surface area contributed by atoms with E-state index in [1.54, 1.807) is 24.3 Å². The minimum atomic E-state index is -3.74. The number of anilines is 1. The average Bonchev–Trinajstić information content (AvgIpc) is 3.06. The molecule has 0 saturated carbocycles. The van der Waals surface area contributed by atoms with Crippen LogP contribution >= 0.6 is 0 Å². The van der Waals surface area contributed by atoms with Crippen LogP contribution in [0.15, 0.2) is 58.5 Å². The SMILES string of the molecule is O=S(=O)(c1cccc(N2CCNCC2)c1)c1c[nH]c2ccc(F)cc12. The number of aromatic amines is 1. The molecular formula is C18H18FN3O2S. The maximum absolute atomic E-state index is 13.6. The van der Waals surface area contributed by atoms with Crippen molar-refractivity contribution in [3.8, 4) is 0 Å². The normalized spacial score (nSPS) is 15.6. The number of benzene rings is 2. The van der Waals surface area contributed by atoms with Crippen molar-refractivity contribution in [2.75, 3.05) is 31.1 Å². The van der Waals surface area contributed by atoms with E-state index in [0.29, 0.717) is 10.9 Å². The number of hydrogen-bond acceptors (Lipinski definition) is 4. The zero-order valence-electron chi connectivity index (χ0n) is 13.5. The van der Waals surface area contributed by atoms with E-state index in [0.717, 1.165) is 31.9 Å². The van der Waals surface area contributed by atoms with Crippen LogP contribution in [-0.2, 0) is 9.84 Å². The molecule has 1 aromatic heterocycles. The third-order valence-corrected chi connectivity index (χ3v) is 6.30. The van der Waals surface area contributed by atoms with Crippen LogP contribution in [0.4, 0.5) is 10.1 Å². The van der Waals surface area contributed by atoms with Gasteiger partial charge in [-0.2, -0.15) is 0 Å². The summed E-state index contributed by atoms with van der Waals surface area (Å²) in [6, 6.07) is 11.0. The first-order valence-electron chi connectivity index (χ1n) is 8.13. The number of aromatic nitrogens is 1. The molecule has 25 heavy (non-hydrogen) atoms. The molecule has 2 aromatic carbocycles. The highest BCUT2D eigenvalue weighted by atomic mass is 32.2. The second kappa shape index (κ2) is 6.16. The van der Waals surface area contributed by atoms with Gasteiger partial charge in [0, 0.05) is 49.0 Å². The van der Waals surface area contributed by atoms with Gasteiger partial charge in [0.05, 0.1) is 9.79 Å². The van der Waals surface area contributed by atoms with Gasteiger partial charge < -0.3 is 15.2 Å². The summed E-state index contributed by atoms with van der Waals surface area (Å²) < 4.78 is 39.7. The number of nitrogens with zero attached hydrogens (tertiary/aromatic N) is 1. The van der Waals surface area contributed by atoms with Gasteiger partial charge in [-0.05, 0) is 36.4 Å². The number of piperazine rings is 1. The lowest BCUT2D eigenvalue weighted by Gasteiger charge is -2.29. The fourth-order valence-electron chi connectivity index (χ4n) is 3.19. The summed E-state index contributed by atoms with van der Waals surface area (Å²) in [6.45, 7) is 3.42. The standard InChI is InChI=1S/C18H18FN3O2S/c19-13-4-5-17-16(10-13)18(12-21-17)25(23,24)15-3-1-2-14(11-15)22-8-6-20-7-9-22/h1-5,10-12,20-21H,6-9H2. The summed E-state index contributed by atoms with van der Waals surface area (Å²) in [6.07, 6.45) is 1.43. The van der Waals surface area contributed by atoms with Crippen molar-refractivity contribution in [1.82, 2.24) is 10.3 Å². The number of sulfone groups is 1. The molecule has 0 spiro atoms. The van der Waals surface area contributed by atoms with Crippen molar-refractivity contribution in [1.29, 1.82) is 0 Å². The molecule has 130 valence electrons. The summed E-state index contributed by atoms with van der Waals surface area (Å²) in [4.78, 5) is 5.37. The monoisotopic (exact) mass is 359 g/mol. The first-order valence-corrected chi connectivity index (χ1v) is 9.61. The van der Waals surface area contributed by atoms with E-state index in [-0.39, 0.29) is 9.79 Å². The summed E-state index contributed by atoms with van der Waals surface area (Å²) >= 11 is 0. The summed E-state index contributed by atoms with van der Waals surface area (Å²) in [5, 5.41) is 3.65. The first-order chi connectivity index (χ1) is 12.1. The number of halogens is 1. The number of fused-ring (bicyclic) bond motifs is 1. The molecule has 0 radical (unpaired) electrons. The van der Waals surface area contributed by atoms with Gasteiger partial charge in [-0.25, -0.2) is 12.8 Å². The Morgan fingerprint density at radius 3 is 2.64 bits per heavy atom. The van der Waals surface area contributed by atoms with E-state index in [2.05, 4.69) is 15.2 Å². The van der Waals surface area contributed by atoms with Gasteiger partial charge in [0.2, 0.25) is 9.84 Å². The third kappa shape index (κ3) is 2.89. The molecule has 2 heterocycles. The van der Waals surface area contributed by atoms with Crippen LogP contribution in [0, 0.1) is 5.82 Å². The first kappa shape index (κ1) is 16.1. The molecule has 1 fully saturated rings. The summed E-state index contributed by atoms with van der Waals surface area (Å²) in [5.41, 5.74) is 1.48. The highest BCUT2D eigenvalue weighted by Gasteiger charge is 2.23. The Hall–Kier alpha value is -2.38. The van der Waals surface area contributed by atoms with Crippen molar-refractivity contribution in [3.05, 3.63) is 54.5 Å². The van der Waals surface area contributed by atoms with Crippen molar-refractivity contribution < 1.29 is 12.8 Å². The van der Waals surface area contributed by atoms with E-state index >= 15 is 0 Å². The van der Waals surface area contributed by atoms with Crippen LogP contribution in [0.5, 0.6) is 0 Å². The minimum Gasteiger partial charge on any atom is -0.369 e. The molecule has 1 aliphatic heterocycles.